The van der Waals surface area contributed by atoms with Gasteiger partial charge in [0.1, 0.15) is 12.2 Å². The van der Waals surface area contributed by atoms with E-state index >= 15 is 0 Å². The van der Waals surface area contributed by atoms with Crippen LogP contribution in [-0.4, -0.2) is 34.8 Å². The molecular weight excluding hydrogens is 378 g/mol. The zero-order valence-corrected chi connectivity index (χ0v) is 17.1. The van der Waals surface area contributed by atoms with Crippen LogP contribution in [0.3, 0.4) is 0 Å². The van der Waals surface area contributed by atoms with Crippen molar-refractivity contribution in [2.24, 2.45) is 0 Å². The molecule has 0 aromatic heterocycles. The number of carbonyl (C=O) groups excluding carboxylic acids is 3. The molecule has 3 amide bonds. The van der Waals surface area contributed by atoms with Crippen molar-refractivity contribution < 1.29 is 14.4 Å². The van der Waals surface area contributed by atoms with Gasteiger partial charge in [-0.15, -0.1) is 0 Å². The van der Waals surface area contributed by atoms with Gasteiger partial charge in [-0.2, -0.15) is 0 Å². The molecule has 0 spiro atoms. The molecule has 30 heavy (non-hydrogen) atoms. The van der Waals surface area contributed by atoms with Gasteiger partial charge in [-0.3, -0.25) is 19.3 Å². The Bertz CT molecular complexity index is 1050. The molecule has 6 nitrogen and oxygen atoms in total. The number of aryl methyl sites for hydroxylation is 1. The van der Waals surface area contributed by atoms with Crippen molar-refractivity contribution in [3.8, 4) is 0 Å². The van der Waals surface area contributed by atoms with Crippen molar-refractivity contribution in [3.63, 3.8) is 0 Å². The average molecular weight is 403 g/mol. The Hall–Kier alpha value is -3.15. The Balaban J connectivity index is 1.41. The largest absolute Gasteiger partial charge is 0.348 e. The van der Waals surface area contributed by atoms with E-state index in [0.29, 0.717) is 24.1 Å². The zero-order valence-electron chi connectivity index (χ0n) is 17.1. The van der Waals surface area contributed by atoms with Crippen molar-refractivity contribution in [2.45, 2.75) is 50.7 Å². The fourth-order valence-corrected chi connectivity index (χ4v) is 5.23. The van der Waals surface area contributed by atoms with Crippen molar-refractivity contribution in [3.05, 3.63) is 65.2 Å². The minimum absolute atomic E-state index is 0.0101. The van der Waals surface area contributed by atoms with Crippen molar-refractivity contribution in [1.29, 1.82) is 0 Å². The van der Waals surface area contributed by atoms with Gasteiger partial charge in [-0.25, -0.2) is 0 Å². The molecule has 2 atom stereocenters. The third-order valence-corrected chi connectivity index (χ3v) is 6.75. The maximum Gasteiger partial charge on any atom is 0.258 e. The van der Waals surface area contributed by atoms with Crippen LogP contribution in [0.2, 0.25) is 0 Å². The van der Waals surface area contributed by atoms with Crippen LogP contribution in [0.4, 0.5) is 5.69 Å². The Morgan fingerprint density at radius 2 is 1.87 bits per heavy atom. The lowest BCUT2D eigenvalue weighted by molar-refractivity contribution is -0.124. The molecule has 2 aromatic rings. The second-order valence-corrected chi connectivity index (χ2v) is 8.57. The van der Waals surface area contributed by atoms with Crippen LogP contribution in [0.5, 0.6) is 0 Å². The standard InChI is InChI=1S/C24H25N3O3/c1-24-14-13-22(29)27(24)20-12-5-4-10-18(20)23(30)26(24)15-21(28)25-19-11-6-8-16-7-2-3-9-17(16)19/h2-5,7,9-10,12,19H,6,8,11,13-15H2,1H3,(H,25,28). The van der Waals surface area contributed by atoms with E-state index in [1.165, 1.54) is 5.56 Å². The highest BCUT2D eigenvalue weighted by atomic mass is 16.2. The normalized spacial score (nSPS) is 24.9. The maximum atomic E-state index is 13.3. The molecule has 0 bridgehead atoms. The van der Waals surface area contributed by atoms with Gasteiger partial charge in [0.2, 0.25) is 11.8 Å². The van der Waals surface area contributed by atoms with Crippen LogP contribution in [0.15, 0.2) is 48.5 Å². The van der Waals surface area contributed by atoms with E-state index in [9.17, 15) is 14.4 Å². The topological polar surface area (TPSA) is 69.7 Å². The van der Waals surface area contributed by atoms with Crippen LogP contribution in [0.1, 0.15) is 60.1 Å². The summed E-state index contributed by atoms with van der Waals surface area (Å²) in [6, 6.07) is 15.3. The fraction of sp³-hybridized carbons (Fsp3) is 0.375. The number of amides is 3. The predicted molar refractivity (Wildman–Crippen MR) is 113 cm³/mol. The molecule has 1 fully saturated rings. The van der Waals surface area contributed by atoms with Crippen LogP contribution >= 0.6 is 0 Å². The summed E-state index contributed by atoms with van der Waals surface area (Å²) < 4.78 is 0. The molecular formula is C24H25N3O3. The van der Waals surface area contributed by atoms with Crippen LogP contribution < -0.4 is 10.2 Å². The van der Waals surface area contributed by atoms with Crippen LogP contribution in [0, 0.1) is 0 Å². The zero-order chi connectivity index (χ0) is 20.9. The Kier molecular flexibility index (Phi) is 4.38. The van der Waals surface area contributed by atoms with Gasteiger partial charge in [0.05, 0.1) is 17.3 Å². The van der Waals surface area contributed by atoms with Gasteiger partial charge >= 0.3 is 0 Å². The first-order chi connectivity index (χ1) is 14.5. The molecule has 1 N–H and O–H groups in total. The van der Waals surface area contributed by atoms with Crippen molar-refractivity contribution in [2.75, 3.05) is 11.4 Å². The quantitative estimate of drug-likeness (QED) is 0.856. The highest BCUT2D eigenvalue weighted by molar-refractivity contribution is 6.11. The van der Waals surface area contributed by atoms with Gasteiger partial charge < -0.3 is 10.2 Å². The fourth-order valence-electron chi connectivity index (χ4n) is 5.23. The van der Waals surface area contributed by atoms with Gasteiger partial charge in [-0.05, 0) is 55.9 Å². The summed E-state index contributed by atoms with van der Waals surface area (Å²) in [5.41, 5.74) is 2.74. The summed E-state index contributed by atoms with van der Waals surface area (Å²) in [6.45, 7) is 1.82. The van der Waals surface area contributed by atoms with E-state index in [1.807, 2.05) is 31.2 Å². The number of hydrogen-bond donors (Lipinski definition) is 1. The van der Waals surface area contributed by atoms with Gasteiger partial charge in [0.25, 0.3) is 5.91 Å². The monoisotopic (exact) mass is 403 g/mol. The number of fused-ring (bicyclic) bond motifs is 4. The number of anilines is 1. The molecule has 1 aliphatic carbocycles. The molecule has 5 rings (SSSR count). The molecule has 0 saturated carbocycles. The number of para-hydroxylation sites is 1. The van der Waals surface area contributed by atoms with E-state index in [1.54, 1.807) is 21.9 Å². The summed E-state index contributed by atoms with van der Waals surface area (Å²) in [5.74, 6) is -0.396. The van der Waals surface area contributed by atoms with E-state index < -0.39 is 5.66 Å². The molecule has 2 aromatic carbocycles. The predicted octanol–water partition coefficient (Wildman–Crippen LogP) is 3.18. The molecule has 3 aliphatic rings. The van der Waals surface area contributed by atoms with Gasteiger partial charge in [0, 0.05) is 6.42 Å². The minimum atomic E-state index is -0.815. The van der Waals surface area contributed by atoms with Crippen molar-refractivity contribution in [1.82, 2.24) is 10.2 Å². The Morgan fingerprint density at radius 1 is 1.10 bits per heavy atom. The smallest absolute Gasteiger partial charge is 0.258 e. The summed E-state index contributed by atoms with van der Waals surface area (Å²) in [4.78, 5) is 42.3. The second-order valence-electron chi connectivity index (χ2n) is 8.57. The lowest BCUT2D eigenvalue weighted by Gasteiger charge is -2.48. The van der Waals surface area contributed by atoms with E-state index in [0.717, 1.165) is 24.8 Å². The van der Waals surface area contributed by atoms with Crippen molar-refractivity contribution >= 4 is 23.4 Å². The van der Waals surface area contributed by atoms with Crippen LogP contribution in [-0.2, 0) is 16.0 Å². The van der Waals surface area contributed by atoms with Gasteiger partial charge in [-0.1, -0.05) is 36.4 Å². The highest BCUT2D eigenvalue weighted by Crippen LogP contribution is 2.43. The van der Waals surface area contributed by atoms with E-state index in [-0.39, 0.29) is 30.3 Å². The van der Waals surface area contributed by atoms with Crippen LogP contribution in [0.25, 0.3) is 0 Å². The number of carbonyl (C=O) groups is 3. The summed E-state index contributed by atoms with van der Waals surface area (Å²) in [6.07, 6.45) is 3.83. The lowest BCUT2D eigenvalue weighted by atomic mass is 9.87. The number of nitrogens with one attached hydrogen (secondary N) is 1. The first-order valence-electron chi connectivity index (χ1n) is 10.6. The third-order valence-electron chi connectivity index (χ3n) is 6.75. The first kappa shape index (κ1) is 18.9. The Morgan fingerprint density at radius 3 is 2.73 bits per heavy atom. The molecule has 2 unspecified atom stereocenters. The average Bonchev–Trinajstić information content (AvgIpc) is 3.07. The molecule has 6 heteroatoms. The van der Waals surface area contributed by atoms with E-state index in [2.05, 4.69) is 17.4 Å². The molecule has 2 heterocycles. The molecule has 2 aliphatic heterocycles. The number of hydrogen-bond acceptors (Lipinski definition) is 3. The lowest BCUT2D eigenvalue weighted by Crippen LogP contribution is -2.64. The number of rotatable bonds is 3. The Labute approximate surface area is 175 Å². The molecule has 0 radical (unpaired) electrons. The minimum Gasteiger partial charge on any atom is -0.348 e. The number of benzene rings is 2. The summed E-state index contributed by atoms with van der Waals surface area (Å²) in [5, 5.41) is 3.14. The molecule has 154 valence electrons. The van der Waals surface area contributed by atoms with Gasteiger partial charge in [0.15, 0.2) is 0 Å². The first-order valence-corrected chi connectivity index (χ1v) is 10.6. The number of nitrogens with zero attached hydrogens (tertiary/aromatic N) is 2. The SMILES string of the molecule is CC12CCC(=O)N1c1ccccc1C(=O)N2CC(=O)NC1CCCc2ccccc21. The second kappa shape index (κ2) is 6.97. The summed E-state index contributed by atoms with van der Waals surface area (Å²) in [7, 11) is 0. The van der Waals surface area contributed by atoms with E-state index in [4.69, 9.17) is 0 Å². The third kappa shape index (κ3) is 2.82. The molecule has 1 saturated heterocycles. The maximum absolute atomic E-state index is 13.3. The highest BCUT2D eigenvalue weighted by Gasteiger charge is 2.53. The summed E-state index contributed by atoms with van der Waals surface area (Å²) >= 11 is 0.